The smallest absolute Gasteiger partial charge is 0.142 e. The second-order valence-electron chi connectivity index (χ2n) is 6.34. The highest BCUT2D eigenvalue weighted by Crippen LogP contribution is 2.38. The summed E-state index contributed by atoms with van der Waals surface area (Å²) in [7, 11) is 1.98. The van der Waals surface area contributed by atoms with Gasteiger partial charge in [-0.2, -0.15) is 5.26 Å². The fourth-order valence-electron chi connectivity index (χ4n) is 3.59. The molecule has 1 aromatic carbocycles. The van der Waals surface area contributed by atoms with Crippen LogP contribution in [0.1, 0.15) is 42.7 Å². The predicted octanol–water partition coefficient (Wildman–Crippen LogP) is 3.15. The SMILES string of the molecule is CNC1CCCC(c2cc(-c3ccccc3O)nc(N)c2C#N)C1. The first-order chi connectivity index (χ1) is 11.6. The number of phenolic OH excluding ortho intramolecular Hbond substituents is 1. The quantitative estimate of drug-likeness (QED) is 0.807. The molecule has 1 fully saturated rings. The molecule has 1 aliphatic rings. The fraction of sp³-hybridized carbons (Fsp3) is 0.368. The molecule has 5 heteroatoms. The lowest BCUT2D eigenvalue weighted by Gasteiger charge is -2.30. The van der Waals surface area contributed by atoms with Gasteiger partial charge in [-0.25, -0.2) is 4.98 Å². The Morgan fingerprint density at radius 3 is 2.83 bits per heavy atom. The van der Waals surface area contributed by atoms with Gasteiger partial charge in [0.25, 0.3) is 0 Å². The number of nitrogens with zero attached hydrogens (tertiary/aromatic N) is 2. The van der Waals surface area contributed by atoms with Crippen LogP contribution in [0.5, 0.6) is 5.75 Å². The molecule has 5 nitrogen and oxygen atoms in total. The van der Waals surface area contributed by atoms with Gasteiger partial charge in [-0.1, -0.05) is 18.6 Å². The standard InChI is InChI=1S/C19H22N4O/c1-22-13-6-4-5-12(9-13)15-10-17(23-19(21)16(15)11-20)14-7-2-3-8-18(14)24/h2-3,7-8,10,12-13,22,24H,4-6,9H2,1H3,(H2,21,23). The first kappa shape index (κ1) is 16.3. The highest BCUT2D eigenvalue weighted by molar-refractivity contribution is 5.71. The first-order valence-electron chi connectivity index (χ1n) is 8.30. The summed E-state index contributed by atoms with van der Waals surface area (Å²) in [5.74, 6) is 0.678. The number of anilines is 1. The molecule has 0 saturated heterocycles. The molecule has 3 rings (SSSR count). The zero-order valence-corrected chi connectivity index (χ0v) is 13.8. The van der Waals surface area contributed by atoms with Crippen molar-refractivity contribution < 1.29 is 5.11 Å². The van der Waals surface area contributed by atoms with E-state index < -0.39 is 0 Å². The van der Waals surface area contributed by atoms with E-state index in [0.717, 1.165) is 31.2 Å². The number of benzene rings is 1. The molecule has 124 valence electrons. The zero-order chi connectivity index (χ0) is 17.1. The molecule has 2 atom stereocenters. The van der Waals surface area contributed by atoms with Gasteiger partial charge in [0, 0.05) is 11.6 Å². The maximum Gasteiger partial charge on any atom is 0.142 e. The molecule has 24 heavy (non-hydrogen) atoms. The number of hydrogen-bond donors (Lipinski definition) is 3. The number of nitrogens with one attached hydrogen (secondary N) is 1. The van der Waals surface area contributed by atoms with Crippen LogP contribution in [0.3, 0.4) is 0 Å². The Kier molecular flexibility index (Phi) is 4.68. The molecule has 0 amide bonds. The van der Waals surface area contributed by atoms with Gasteiger partial charge >= 0.3 is 0 Å². The third kappa shape index (κ3) is 3.06. The number of para-hydroxylation sites is 1. The molecule has 1 aromatic heterocycles. The Labute approximate surface area is 142 Å². The summed E-state index contributed by atoms with van der Waals surface area (Å²) in [6, 6.07) is 11.7. The van der Waals surface area contributed by atoms with Gasteiger partial charge in [-0.15, -0.1) is 0 Å². The normalized spacial score (nSPS) is 20.5. The van der Waals surface area contributed by atoms with Crippen molar-refractivity contribution in [2.24, 2.45) is 0 Å². The van der Waals surface area contributed by atoms with Crippen LogP contribution in [0.2, 0.25) is 0 Å². The van der Waals surface area contributed by atoms with Crippen molar-refractivity contribution in [2.75, 3.05) is 12.8 Å². The molecule has 0 spiro atoms. The van der Waals surface area contributed by atoms with Crippen LogP contribution in [-0.4, -0.2) is 23.2 Å². The average Bonchev–Trinajstić information content (AvgIpc) is 2.61. The summed E-state index contributed by atoms with van der Waals surface area (Å²) in [6.07, 6.45) is 4.29. The predicted molar refractivity (Wildman–Crippen MR) is 94.5 cm³/mol. The molecule has 2 unspecified atom stereocenters. The number of hydrogen-bond acceptors (Lipinski definition) is 5. The average molecular weight is 322 g/mol. The van der Waals surface area contributed by atoms with Gasteiger partial charge in [-0.3, -0.25) is 0 Å². The van der Waals surface area contributed by atoms with Crippen LogP contribution in [0, 0.1) is 11.3 Å². The lowest BCUT2D eigenvalue weighted by atomic mass is 9.79. The Morgan fingerprint density at radius 2 is 2.12 bits per heavy atom. The topological polar surface area (TPSA) is 95.0 Å². The number of pyridine rings is 1. The zero-order valence-electron chi connectivity index (χ0n) is 13.8. The third-order valence-corrected chi connectivity index (χ3v) is 4.89. The van der Waals surface area contributed by atoms with Crippen LogP contribution < -0.4 is 11.1 Å². The van der Waals surface area contributed by atoms with Crippen molar-refractivity contribution in [1.29, 1.82) is 5.26 Å². The molecular weight excluding hydrogens is 300 g/mol. The Bertz CT molecular complexity index is 781. The number of phenols is 1. The largest absolute Gasteiger partial charge is 0.507 e. The van der Waals surface area contributed by atoms with E-state index in [1.807, 2.05) is 25.2 Å². The summed E-state index contributed by atoms with van der Waals surface area (Å²) in [5, 5.41) is 23.0. The minimum atomic E-state index is 0.164. The maximum absolute atomic E-state index is 10.1. The number of nitrogens with two attached hydrogens (primary N) is 1. The summed E-state index contributed by atoms with van der Waals surface area (Å²) in [6.45, 7) is 0. The molecule has 1 aliphatic carbocycles. The molecule has 0 bridgehead atoms. The summed E-state index contributed by atoms with van der Waals surface area (Å²) < 4.78 is 0. The van der Waals surface area contributed by atoms with E-state index in [4.69, 9.17) is 5.73 Å². The molecule has 1 heterocycles. The highest BCUT2D eigenvalue weighted by atomic mass is 16.3. The minimum absolute atomic E-state index is 0.164. The van der Waals surface area contributed by atoms with Gasteiger partial charge in [0.2, 0.25) is 0 Å². The van der Waals surface area contributed by atoms with Crippen molar-refractivity contribution in [3.05, 3.63) is 41.5 Å². The van der Waals surface area contributed by atoms with Crippen LogP contribution in [0.25, 0.3) is 11.3 Å². The number of aromatic nitrogens is 1. The minimum Gasteiger partial charge on any atom is -0.507 e. The monoisotopic (exact) mass is 322 g/mol. The van der Waals surface area contributed by atoms with Crippen molar-refractivity contribution in [1.82, 2.24) is 10.3 Å². The molecule has 4 N–H and O–H groups in total. The van der Waals surface area contributed by atoms with E-state index in [2.05, 4.69) is 16.4 Å². The Balaban J connectivity index is 2.08. The maximum atomic E-state index is 10.1. The summed E-state index contributed by atoms with van der Waals surface area (Å²) >= 11 is 0. The third-order valence-electron chi connectivity index (χ3n) is 4.89. The van der Waals surface area contributed by atoms with E-state index in [1.165, 1.54) is 0 Å². The van der Waals surface area contributed by atoms with Gasteiger partial charge in [0.05, 0.1) is 11.3 Å². The van der Waals surface area contributed by atoms with Crippen molar-refractivity contribution in [3.63, 3.8) is 0 Å². The van der Waals surface area contributed by atoms with Gasteiger partial charge in [0.1, 0.15) is 17.6 Å². The lowest BCUT2D eigenvalue weighted by Crippen LogP contribution is -2.30. The molecular formula is C19H22N4O. The number of rotatable bonds is 3. The van der Waals surface area contributed by atoms with E-state index in [0.29, 0.717) is 22.9 Å². The summed E-state index contributed by atoms with van der Waals surface area (Å²) in [5.41, 5.74) is 8.73. The number of nitriles is 1. The highest BCUT2D eigenvalue weighted by Gasteiger charge is 2.26. The van der Waals surface area contributed by atoms with Crippen LogP contribution >= 0.6 is 0 Å². The van der Waals surface area contributed by atoms with Gasteiger partial charge < -0.3 is 16.2 Å². The van der Waals surface area contributed by atoms with Gasteiger partial charge in [0.15, 0.2) is 0 Å². The Morgan fingerprint density at radius 1 is 1.33 bits per heavy atom. The van der Waals surface area contributed by atoms with Crippen LogP contribution in [0.15, 0.2) is 30.3 Å². The van der Waals surface area contributed by atoms with E-state index >= 15 is 0 Å². The van der Waals surface area contributed by atoms with Crippen molar-refractivity contribution >= 4 is 5.82 Å². The van der Waals surface area contributed by atoms with E-state index in [-0.39, 0.29) is 17.5 Å². The molecule has 0 aliphatic heterocycles. The van der Waals surface area contributed by atoms with E-state index in [9.17, 15) is 10.4 Å². The van der Waals surface area contributed by atoms with Crippen LogP contribution in [0.4, 0.5) is 5.82 Å². The van der Waals surface area contributed by atoms with E-state index in [1.54, 1.807) is 12.1 Å². The number of nitrogen functional groups attached to an aromatic ring is 1. The molecule has 2 aromatic rings. The Hall–Kier alpha value is -2.58. The summed E-state index contributed by atoms with van der Waals surface area (Å²) in [4.78, 5) is 4.35. The second kappa shape index (κ2) is 6.90. The van der Waals surface area contributed by atoms with Crippen molar-refractivity contribution in [3.8, 4) is 23.1 Å². The van der Waals surface area contributed by atoms with Crippen LogP contribution in [-0.2, 0) is 0 Å². The second-order valence-corrected chi connectivity index (χ2v) is 6.34. The number of aromatic hydroxyl groups is 1. The lowest BCUT2D eigenvalue weighted by molar-refractivity contribution is 0.355. The molecule has 0 radical (unpaired) electrons. The van der Waals surface area contributed by atoms with Crippen molar-refractivity contribution in [2.45, 2.75) is 37.6 Å². The van der Waals surface area contributed by atoms with Gasteiger partial charge in [-0.05, 0) is 56.0 Å². The molecule has 1 saturated carbocycles. The first-order valence-corrected chi connectivity index (χ1v) is 8.30. The fourth-order valence-corrected chi connectivity index (χ4v) is 3.59.